The number of amides is 1. The van der Waals surface area contributed by atoms with Crippen molar-refractivity contribution in [1.82, 2.24) is 14.8 Å². The summed E-state index contributed by atoms with van der Waals surface area (Å²) in [5.41, 5.74) is 6.24. The van der Waals surface area contributed by atoms with Crippen LogP contribution in [0, 0.1) is 0 Å². The third-order valence-electron chi connectivity index (χ3n) is 3.84. The molecule has 1 aromatic rings. The van der Waals surface area contributed by atoms with Crippen LogP contribution in [0.25, 0.3) is 0 Å². The van der Waals surface area contributed by atoms with Crippen LogP contribution in [-0.4, -0.2) is 52.9 Å². The van der Waals surface area contributed by atoms with Gasteiger partial charge in [-0.1, -0.05) is 6.92 Å². The molecule has 1 fully saturated rings. The van der Waals surface area contributed by atoms with E-state index < -0.39 is 0 Å². The van der Waals surface area contributed by atoms with Crippen molar-refractivity contribution in [2.45, 2.75) is 26.3 Å². The van der Waals surface area contributed by atoms with Gasteiger partial charge in [-0.3, -0.25) is 9.69 Å². The molecule has 104 valence electrons. The van der Waals surface area contributed by atoms with Gasteiger partial charge in [-0.25, -0.2) is 4.98 Å². The Hall–Kier alpha value is -1.62. The lowest BCUT2D eigenvalue weighted by molar-refractivity contribution is 0.0579. The Balaban J connectivity index is 1.96. The highest BCUT2D eigenvalue weighted by atomic mass is 16.2. The quantitative estimate of drug-likeness (QED) is 0.889. The van der Waals surface area contributed by atoms with Crippen LogP contribution in [0.1, 0.15) is 30.6 Å². The minimum absolute atomic E-state index is 0.0536. The molecule has 1 aliphatic heterocycles. The first-order chi connectivity index (χ1) is 9.11. The van der Waals surface area contributed by atoms with Crippen LogP contribution in [0.4, 0.5) is 5.82 Å². The number of nitrogens with zero attached hydrogens (tertiary/aromatic N) is 3. The number of aromatic nitrogens is 1. The summed E-state index contributed by atoms with van der Waals surface area (Å²) in [7, 11) is 0. The zero-order valence-electron chi connectivity index (χ0n) is 11.7. The molecule has 2 N–H and O–H groups in total. The maximum Gasteiger partial charge on any atom is 0.254 e. The monoisotopic (exact) mass is 262 g/mol. The van der Waals surface area contributed by atoms with Crippen molar-refractivity contribution >= 4 is 11.7 Å². The van der Waals surface area contributed by atoms with Gasteiger partial charge in [0.25, 0.3) is 5.91 Å². The van der Waals surface area contributed by atoms with E-state index in [2.05, 4.69) is 23.7 Å². The molecule has 0 bridgehead atoms. The molecule has 1 atom stereocenters. The standard InChI is InChI=1S/C14H22N4O/c1-3-11(2)17-6-8-18(9-7-17)14(19)12-4-5-16-13(15)10-12/h4-5,10-11H,3,6-9H2,1-2H3,(H2,15,16). The summed E-state index contributed by atoms with van der Waals surface area (Å²) in [6, 6.07) is 3.96. The first kappa shape index (κ1) is 13.8. The summed E-state index contributed by atoms with van der Waals surface area (Å²) in [5, 5.41) is 0. The molecule has 1 aromatic heterocycles. The molecule has 19 heavy (non-hydrogen) atoms. The second kappa shape index (κ2) is 6.02. The number of carbonyl (C=O) groups is 1. The SMILES string of the molecule is CCC(C)N1CCN(C(=O)c2ccnc(N)c2)CC1. The Bertz CT molecular complexity index is 441. The van der Waals surface area contributed by atoms with Crippen molar-refractivity contribution in [2.24, 2.45) is 0 Å². The van der Waals surface area contributed by atoms with Crippen LogP contribution in [0.15, 0.2) is 18.3 Å². The lowest BCUT2D eigenvalue weighted by Crippen LogP contribution is -2.51. The molecule has 0 aliphatic carbocycles. The Morgan fingerprint density at radius 2 is 2.11 bits per heavy atom. The van der Waals surface area contributed by atoms with Gasteiger partial charge in [-0.05, 0) is 25.5 Å². The molecule has 0 radical (unpaired) electrons. The summed E-state index contributed by atoms with van der Waals surface area (Å²) in [4.78, 5) is 20.6. The number of hydrogen-bond acceptors (Lipinski definition) is 4. The first-order valence-electron chi connectivity index (χ1n) is 6.86. The Labute approximate surface area is 114 Å². The second-order valence-electron chi connectivity index (χ2n) is 5.05. The number of nitrogen functional groups attached to an aromatic ring is 1. The van der Waals surface area contributed by atoms with Crippen molar-refractivity contribution in [3.05, 3.63) is 23.9 Å². The Morgan fingerprint density at radius 3 is 2.68 bits per heavy atom. The molecule has 0 saturated carbocycles. The highest BCUT2D eigenvalue weighted by molar-refractivity contribution is 5.94. The number of pyridine rings is 1. The average molecular weight is 262 g/mol. The fourth-order valence-corrected chi connectivity index (χ4v) is 2.39. The normalized spacial score (nSPS) is 18.3. The molecule has 2 rings (SSSR count). The van der Waals surface area contributed by atoms with Gasteiger partial charge in [0.1, 0.15) is 5.82 Å². The summed E-state index contributed by atoms with van der Waals surface area (Å²) in [6.07, 6.45) is 2.73. The summed E-state index contributed by atoms with van der Waals surface area (Å²) in [5.74, 6) is 0.446. The van der Waals surface area contributed by atoms with E-state index in [1.165, 1.54) is 0 Å². The van der Waals surface area contributed by atoms with Crippen molar-refractivity contribution in [3.8, 4) is 0 Å². The topological polar surface area (TPSA) is 62.5 Å². The molecule has 1 unspecified atom stereocenters. The van der Waals surface area contributed by atoms with Crippen LogP contribution in [0.5, 0.6) is 0 Å². The van der Waals surface area contributed by atoms with Crippen molar-refractivity contribution in [1.29, 1.82) is 0 Å². The summed E-state index contributed by atoms with van der Waals surface area (Å²) >= 11 is 0. The number of nitrogens with two attached hydrogens (primary N) is 1. The molecule has 5 nitrogen and oxygen atoms in total. The lowest BCUT2D eigenvalue weighted by Gasteiger charge is -2.37. The van der Waals surface area contributed by atoms with Gasteiger partial charge in [0, 0.05) is 44.0 Å². The summed E-state index contributed by atoms with van der Waals surface area (Å²) < 4.78 is 0. The van der Waals surface area contributed by atoms with E-state index in [-0.39, 0.29) is 5.91 Å². The van der Waals surface area contributed by atoms with Crippen LogP contribution in [-0.2, 0) is 0 Å². The molecule has 0 aromatic carbocycles. The van der Waals surface area contributed by atoms with Crippen LogP contribution < -0.4 is 5.73 Å². The van der Waals surface area contributed by atoms with Gasteiger partial charge in [-0.2, -0.15) is 0 Å². The van der Waals surface area contributed by atoms with E-state index in [0.717, 1.165) is 32.6 Å². The van der Waals surface area contributed by atoms with Crippen LogP contribution in [0.2, 0.25) is 0 Å². The van der Waals surface area contributed by atoms with Gasteiger partial charge in [0.05, 0.1) is 0 Å². The number of anilines is 1. The Morgan fingerprint density at radius 1 is 1.42 bits per heavy atom. The Kier molecular flexibility index (Phi) is 4.37. The molecule has 2 heterocycles. The van der Waals surface area contributed by atoms with E-state index in [9.17, 15) is 4.79 Å². The average Bonchev–Trinajstić information content (AvgIpc) is 2.46. The van der Waals surface area contributed by atoms with E-state index >= 15 is 0 Å². The number of rotatable bonds is 3. The minimum atomic E-state index is 0.0536. The maximum atomic E-state index is 12.3. The highest BCUT2D eigenvalue weighted by Gasteiger charge is 2.24. The third-order valence-corrected chi connectivity index (χ3v) is 3.84. The van der Waals surface area contributed by atoms with Gasteiger partial charge in [0.15, 0.2) is 0 Å². The smallest absolute Gasteiger partial charge is 0.254 e. The number of piperazine rings is 1. The van der Waals surface area contributed by atoms with E-state index in [1.807, 2.05) is 4.90 Å². The first-order valence-corrected chi connectivity index (χ1v) is 6.86. The number of hydrogen-bond donors (Lipinski definition) is 1. The van der Waals surface area contributed by atoms with Gasteiger partial charge in [-0.15, -0.1) is 0 Å². The highest BCUT2D eigenvalue weighted by Crippen LogP contribution is 2.12. The molecule has 5 heteroatoms. The molecular formula is C14H22N4O. The zero-order chi connectivity index (χ0) is 13.8. The van der Waals surface area contributed by atoms with Gasteiger partial charge in [0.2, 0.25) is 0 Å². The van der Waals surface area contributed by atoms with E-state index in [0.29, 0.717) is 17.4 Å². The lowest BCUT2D eigenvalue weighted by atomic mass is 10.1. The van der Waals surface area contributed by atoms with Crippen LogP contribution >= 0.6 is 0 Å². The van der Waals surface area contributed by atoms with Crippen molar-refractivity contribution in [3.63, 3.8) is 0 Å². The predicted octanol–water partition coefficient (Wildman–Crippen LogP) is 1.22. The fraction of sp³-hybridized carbons (Fsp3) is 0.571. The summed E-state index contributed by atoms with van der Waals surface area (Å²) in [6.45, 7) is 7.89. The minimum Gasteiger partial charge on any atom is -0.384 e. The molecule has 1 amide bonds. The van der Waals surface area contributed by atoms with Gasteiger partial charge < -0.3 is 10.6 Å². The van der Waals surface area contributed by atoms with E-state index in [1.54, 1.807) is 18.3 Å². The predicted molar refractivity (Wildman–Crippen MR) is 75.9 cm³/mol. The second-order valence-corrected chi connectivity index (χ2v) is 5.05. The molecular weight excluding hydrogens is 240 g/mol. The van der Waals surface area contributed by atoms with Crippen molar-refractivity contribution in [2.75, 3.05) is 31.9 Å². The van der Waals surface area contributed by atoms with Gasteiger partial charge >= 0.3 is 0 Å². The molecule has 0 spiro atoms. The largest absolute Gasteiger partial charge is 0.384 e. The maximum absolute atomic E-state index is 12.3. The van der Waals surface area contributed by atoms with E-state index in [4.69, 9.17) is 5.73 Å². The third kappa shape index (κ3) is 3.23. The zero-order valence-corrected chi connectivity index (χ0v) is 11.7. The molecule has 1 aliphatic rings. The van der Waals surface area contributed by atoms with Crippen LogP contribution in [0.3, 0.4) is 0 Å². The van der Waals surface area contributed by atoms with Crippen molar-refractivity contribution < 1.29 is 4.79 Å². The number of carbonyl (C=O) groups excluding carboxylic acids is 1. The molecule has 1 saturated heterocycles. The fourth-order valence-electron chi connectivity index (χ4n) is 2.39.